The Kier molecular flexibility index (Phi) is 5.92. The van der Waals surface area contributed by atoms with Crippen molar-refractivity contribution in [3.8, 4) is 11.1 Å². The number of amides is 1. The average molecular weight is 427 g/mol. The highest BCUT2D eigenvalue weighted by Crippen LogP contribution is 2.38. The van der Waals surface area contributed by atoms with Gasteiger partial charge in [0, 0.05) is 17.5 Å². The normalized spacial score (nSPS) is 11.7. The predicted molar refractivity (Wildman–Crippen MR) is 100 cm³/mol. The smallest absolute Gasteiger partial charge is 0.311 e. The second-order valence-corrected chi connectivity index (χ2v) is 7.09. The molecule has 1 aromatic heterocycles. The Balaban J connectivity index is 1.92. The van der Waals surface area contributed by atoms with Crippen LogP contribution in [0, 0.1) is 0 Å². The van der Waals surface area contributed by atoms with Crippen molar-refractivity contribution in [2.45, 2.75) is 16.8 Å². The first-order valence-electron chi connectivity index (χ1n) is 8.22. The van der Waals surface area contributed by atoms with Gasteiger partial charge >= 0.3 is 5.51 Å². The largest absolute Gasteiger partial charge is 0.446 e. The molecule has 2 aromatic carbocycles. The SMILES string of the molecule is CN(C(=O)c1cn[nH]c1C(F)F)c1ccccc1-c1ccc(SC(F)(F)F)cc1. The van der Waals surface area contributed by atoms with E-state index in [9.17, 15) is 26.7 Å². The van der Waals surface area contributed by atoms with E-state index in [2.05, 4.69) is 10.2 Å². The predicted octanol–water partition coefficient (Wildman–Crippen LogP) is 5.90. The summed E-state index contributed by atoms with van der Waals surface area (Å²) in [6, 6.07) is 12.4. The molecule has 0 aliphatic rings. The number of para-hydroxylation sites is 1. The van der Waals surface area contributed by atoms with Gasteiger partial charge in [0.15, 0.2) is 0 Å². The lowest BCUT2D eigenvalue weighted by molar-refractivity contribution is -0.0328. The number of alkyl halides is 5. The van der Waals surface area contributed by atoms with E-state index >= 15 is 0 Å². The number of H-pyrrole nitrogens is 1. The van der Waals surface area contributed by atoms with Crippen LogP contribution in [0.4, 0.5) is 27.6 Å². The van der Waals surface area contributed by atoms with Crippen LogP contribution in [0.25, 0.3) is 11.1 Å². The van der Waals surface area contributed by atoms with Crippen molar-refractivity contribution in [1.29, 1.82) is 0 Å². The van der Waals surface area contributed by atoms with Crippen LogP contribution in [0.2, 0.25) is 0 Å². The van der Waals surface area contributed by atoms with Crippen molar-refractivity contribution in [3.05, 3.63) is 66.0 Å². The van der Waals surface area contributed by atoms with Gasteiger partial charge in [-0.25, -0.2) is 8.78 Å². The summed E-state index contributed by atoms with van der Waals surface area (Å²) >= 11 is -0.223. The molecule has 152 valence electrons. The lowest BCUT2D eigenvalue weighted by Crippen LogP contribution is -2.27. The minimum Gasteiger partial charge on any atom is -0.311 e. The number of hydrogen-bond donors (Lipinski definition) is 1. The lowest BCUT2D eigenvalue weighted by Gasteiger charge is -2.21. The number of aromatic nitrogens is 2. The first kappa shape index (κ1) is 20.8. The van der Waals surface area contributed by atoms with E-state index in [1.165, 1.54) is 36.2 Å². The molecule has 10 heteroatoms. The molecule has 0 saturated carbocycles. The number of carbonyl (C=O) groups excluding carboxylic acids is 1. The Bertz CT molecular complexity index is 1000. The fourth-order valence-corrected chi connectivity index (χ4v) is 3.31. The van der Waals surface area contributed by atoms with Gasteiger partial charge in [0.1, 0.15) is 5.69 Å². The minimum absolute atomic E-state index is 0.0307. The fourth-order valence-electron chi connectivity index (χ4n) is 2.77. The van der Waals surface area contributed by atoms with Gasteiger partial charge in [-0.15, -0.1) is 0 Å². The molecule has 3 rings (SSSR count). The summed E-state index contributed by atoms with van der Waals surface area (Å²) in [6.07, 6.45) is -1.86. The monoisotopic (exact) mass is 427 g/mol. The molecule has 0 bridgehead atoms. The van der Waals surface area contributed by atoms with E-state index in [-0.39, 0.29) is 22.2 Å². The zero-order valence-electron chi connectivity index (χ0n) is 14.9. The average Bonchev–Trinajstić information content (AvgIpc) is 3.16. The van der Waals surface area contributed by atoms with Gasteiger partial charge in [-0.2, -0.15) is 18.3 Å². The number of anilines is 1. The number of carbonyl (C=O) groups is 1. The quantitative estimate of drug-likeness (QED) is 0.407. The maximum absolute atomic E-state index is 13.1. The zero-order chi connectivity index (χ0) is 21.2. The first-order chi connectivity index (χ1) is 13.7. The first-order valence-corrected chi connectivity index (χ1v) is 9.03. The molecule has 0 unspecified atom stereocenters. The van der Waals surface area contributed by atoms with Crippen molar-refractivity contribution in [2.24, 2.45) is 0 Å². The van der Waals surface area contributed by atoms with Crippen LogP contribution in [0.15, 0.2) is 59.6 Å². The number of aromatic amines is 1. The number of hydrogen-bond acceptors (Lipinski definition) is 3. The van der Waals surface area contributed by atoms with E-state index < -0.39 is 23.5 Å². The van der Waals surface area contributed by atoms with Crippen molar-refractivity contribution >= 4 is 23.4 Å². The Hall–Kier alpha value is -2.88. The molecular weight excluding hydrogens is 413 g/mol. The van der Waals surface area contributed by atoms with Gasteiger partial charge in [-0.3, -0.25) is 9.89 Å². The number of nitrogens with zero attached hydrogens (tertiary/aromatic N) is 2. The number of nitrogens with one attached hydrogen (secondary N) is 1. The van der Waals surface area contributed by atoms with Crippen LogP contribution in [0.5, 0.6) is 0 Å². The Labute approximate surface area is 166 Å². The fraction of sp³-hybridized carbons (Fsp3) is 0.158. The van der Waals surface area contributed by atoms with E-state index in [0.717, 1.165) is 6.20 Å². The second-order valence-electron chi connectivity index (χ2n) is 5.95. The molecule has 3 aromatic rings. The van der Waals surface area contributed by atoms with E-state index in [1.54, 1.807) is 24.3 Å². The molecule has 0 fully saturated rings. The molecular formula is C19H14F5N3OS. The topological polar surface area (TPSA) is 49.0 Å². The molecule has 29 heavy (non-hydrogen) atoms. The van der Waals surface area contributed by atoms with Crippen LogP contribution in [-0.4, -0.2) is 28.7 Å². The molecule has 4 nitrogen and oxygen atoms in total. The molecule has 1 N–H and O–H groups in total. The van der Waals surface area contributed by atoms with Gasteiger partial charge in [-0.1, -0.05) is 30.3 Å². The van der Waals surface area contributed by atoms with Gasteiger partial charge in [0.2, 0.25) is 0 Å². The third-order valence-corrected chi connectivity index (χ3v) is 4.83. The lowest BCUT2D eigenvalue weighted by atomic mass is 10.0. The minimum atomic E-state index is -4.39. The van der Waals surface area contributed by atoms with Crippen LogP contribution < -0.4 is 4.90 Å². The molecule has 1 amide bonds. The standard InChI is InChI=1S/C19H14F5N3OS/c1-27(18(28)14-10-25-26-16(14)17(20)21)15-5-3-2-4-13(15)11-6-8-12(9-7-11)29-19(22,23)24/h2-10,17H,1H3,(H,25,26). The van der Waals surface area contributed by atoms with E-state index in [4.69, 9.17) is 0 Å². The number of halogens is 5. The highest BCUT2D eigenvalue weighted by molar-refractivity contribution is 8.00. The van der Waals surface area contributed by atoms with Gasteiger partial charge in [-0.05, 0) is 35.5 Å². The van der Waals surface area contributed by atoms with Crippen molar-refractivity contribution in [1.82, 2.24) is 10.2 Å². The summed E-state index contributed by atoms with van der Waals surface area (Å²) in [5.41, 5.74) is -3.67. The van der Waals surface area contributed by atoms with Crippen molar-refractivity contribution in [3.63, 3.8) is 0 Å². The zero-order valence-corrected chi connectivity index (χ0v) is 15.7. The molecule has 0 atom stereocenters. The highest BCUT2D eigenvalue weighted by Gasteiger charge is 2.29. The maximum Gasteiger partial charge on any atom is 0.446 e. The highest BCUT2D eigenvalue weighted by atomic mass is 32.2. The van der Waals surface area contributed by atoms with Crippen LogP contribution in [0.3, 0.4) is 0 Å². The Morgan fingerprint density at radius 3 is 2.38 bits per heavy atom. The third-order valence-electron chi connectivity index (χ3n) is 4.09. The summed E-state index contributed by atoms with van der Waals surface area (Å²) in [5.74, 6) is -0.689. The van der Waals surface area contributed by atoms with E-state index in [1.807, 2.05) is 0 Å². The summed E-state index contributed by atoms with van der Waals surface area (Å²) < 4.78 is 63.6. The van der Waals surface area contributed by atoms with Crippen LogP contribution in [-0.2, 0) is 0 Å². The third kappa shape index (κ3) is 4.76. The molecule has 0 aliphatic heterocycles. The molecule has 0 spiro atoms. The van der Waals surface area contributed by atoms with E-state index in [0.29, 0.717) is 16.8 Å². The summed E-state index contributed by atoms with van der Waals surface area (Å²) in [5, 5.41) is 5.64. The van der Waals surface area contributed by atoms with Gasteiger partial charge < -0.3 is 4.90 Å². The van der Waals surface area contributed by atoms with Crippen molar-refractivity contribution in [2.75, 3.05) is 11.9 Å². The summed E-state index contributed by atoms with van der Waals surface area (Å²) in [4.78, 5) is 14.0. The summed E-state index contributed by atoms with van der Waals surface area (Å²) in [6.45, 7) is 0. The number of thioether (sulfide) groups is 1. The number of rotatable bonds is 5. The summed E-state index contributed by atoms with van der Waals surface area (Å²) in [7, 11) is 1.43. The maximum atomic E-state index is 13.1. The van der Waals surface area contributed by atoms with Gasteiger partial charge in [0.05, 0.1) is 17.4 Å². The van der Waals surface area contributed by atoms with Crippen LogP contribution in [0.1, 0.15) is 22.5 Å². The van der Waals surface area contributed by atoms with Crippen LogP contribution >= 0.6 is 11.8 Å². The Morgan fingerprint density at radius 1 is 1.10 bits per heavy atom. The molecule has 0 saturated heterocycles. The molecule has 0 radical (unpaired) electrons. The number of benzene rings is 2. The van der Waals surface area contributed by atoms with Crippen molar-refractivity contribution < 1.29 is 26.7 Å². The molecule has 1 heterocycles. The van der Waals surface area contributed by atoms with Gasteiger partial charge in [0.25, 0.3) is 12.3 Å². The second kappa shape index (κ2) is 8.24. The Morgan fingerprint density at radius 2 is 1.76 bits per heavy atom. The molecule has 0 aliphatic carbocycles.